The third-order valence-electron chi connectivity index (χ3n) is 10.2. The Morgan fingerprint density at radius 3 is 1.93 bits per heavy atom. The molecule has 1 aliphatic heterocycles. The third-order valence-corrected chi connectivity index (χ3v) is 10.2. The van der Waals surface area contributed by atoms with E-state index in [0.29, 0.717) is 62.2 Å². The number of halogens is 6. The quantitative estimate of drug-likeness (QED) is 0.131. The summed E-state index contributed by atoms with van der Waals surface area (Å²) < 4.78 is 102. The van der Waals surface area contributed by atoms with Crippen LogP contribution in [0.1, 0.15) is 126 Å². The topological polar surface area (TPSA) is 27.7 Å². The van der Waals surface area contributed by atoms with Crippen molar-refractivity contribution in [2.24, 2.45) is 17.8 Å². The summed E-state index contributed by atoms with van der Waals surface area (Å²) >= 11 is 0. The average Bonchev–Trinajstić information content (AvgIpc) is 3.04. The van der Waals surface area contributed by atoms with Crippen molar-refractivity contribution in [2.75, 3.05) is 13.2 Å². The molecule has 250 valence electrons. The first-order valence-corrected chi connectivity index (χ1v) is 16.9. The van der Waals surface area contributed by atoms with Crippen molar-refractivity contribution in [3.63, 3.8) is 0 Å². The van der Waals surface area contributed by atoms with Gasteiger partial charge in [-0.15, -0.1) is 0 Å². The maximum absolute atomic E-state index is 15.3. The summed E-state index contributed by atoms with van der Waals surface area (Å²) in [5, 5.41) is 0. The van der Waals surface area contributed by atoms with Crippen LogP contribution in [-0.4, -0.2) is 19.3 Å². The first-order chi connectivity index (χ1) is 21.6. The average molecular weight is 641 g/mol. The van der Waals surface area contributed by atoms with Gasteiger partial charge in [-0.3, -0.25) is 0 Å². The summed E-state index contributed by atoms with van der Waals surface area (Å²) in [7, 11) is 0. The Bertz CT molecular complexity index is 1210. The van der Waals surface area contributed by atoms with Crippen LogP contribution in [0.3, 0.4) is 0 Å². The Balaban J connectivity index is 1.04. The molecule has 0 bridgehead atoms. The SMILES string of the molecule is CCCCCCCC1COC(c2ccc(C3CCC(C4CCC(OC(F)(F)c5cc(F)c(F)c(F)c5)CC4)CC3)c(F)c2)OC1. The van der Waals surface area contributed by atoms with Crippen molar-refractivity contribution in [1.82, 2.24) is 0 Å². The lowest BCUT2D eigenvalue weighted by atomic mass is 9.69. The highest BCUT2D eigenvalue weighted by Crippen LogP contribution is 2.45. The van der Waals surface area contributed by atoms with Crippen LogP contribution >= 0.6 is 0 Å². The monoisotopic (exact) mass is 640 g/mol. The van der Waals surface area contributed by atoms with Gasteiger partial charge in [-0.05, 0) is 99.3 Å². The van der Waals surface area contributed by atoms with Crippen LogP contribution in [0.25, 0.3) is 0 Å². The van der Waals surface area contributed by atoms with Gasteiger partial charge in [0.25, 0.3) is 0 Å². The van der Waals surface area contributed by atoms with Gasteiger partial charge in [0, 0.05) is 11.5 Å². The highest BCUT2D eigenvalue weighted by atomic mass is 19.3. The summed E-state index contributed by atoms with van der Waals surface area (Å²) in [5.41, 5.74) is 0.409. The summed E-state index contributed by atoms with van der Waals surface area (Å²) in [6, 6.07) is 5.92. The predicted octanol–water partition coefficient (Wildman–Crippen LogP) is 10.9. The molecule has 3 aliphatic rings. The molecule has 0 N–H and O–H groups in total. The van der Waals surface area contributed by atoms with Gasteiger partial charge in [-0.2, -0.15) is 8.78 Å². The maximum Gasteiger partial charge on any atom is 0.383 e. The van der Waals surface area contributed by atoms with E-state index in [1.165, 1.54) is 32.1 Å². The Labute approximate surface area is 263 Å². The maximum atomic E-state index is 15.3. The van der Waals surface area contributed by atoms with Gasteiger partial charge in [0.2, 0.25) is 0 Å². The zero-order chi connectivity index (χ0) is 32.0. The Kier molecular flexibility index (Phi) is 11.9. The Hall–Kier alpha value is -2.10. The van der Waals surface area contributed by atoms with E-state index in [2.05, 4.69) is 6.92 Å². The van der Waals surface area contributed by atoms with Crippen molar-refractivity contribution in [2.45, 2.75) is 121 Å². The minimum atomic E-state index is -3.92. The molecule has 1 saturated heterocycles. The fourth-order valence-electron chi connectivity index (χ4n) is 7.54. The zero-order valence-corrected chi connectivity index (χ0v) is 26.2. The third kappa shape index (κ3) is 8.83. The van der Waals surface area contributed by atoms with E-state index in [4.69, 9.17) is 14.2 Å². The number of alkyl halides is 2. The molecule has 9 heteroatoms. The molecule has 2 aromatic carbocycles. The molecule has 0 amide bonds. The van der Waals surface area contributed by atoms with Gasteiger partial charge < -0.3 is 14.2 Å². The van der Waals surface area contributed by atoms with Crippen LogP contribution in [0.4, 0.5) is 26.3 Å². The first kappa shape index (κ1) is 34.2. The lowest BCUT2D eigenvalue weighted by molar-refractivity contribution is -0.278. The van der Waals surface area contributed by atoms with Crippen molar-refractivity contribution >= 4 is 0 Å². The van der Waals surface area contributed by atoms with Gasteiger partial charge in [0.1, 0.15) is 5.82 Å². The van der Waals surface area contributed by atoms with Crippen LogP contribution in [0, 0.1) is 41.0 Å². The van der Waals surface area contributed by atoms with Crippen LogP contribution in [-0.2, 0) is 20.3 Å². The summed E-state index contributed by atoms with van der Waals surface area (Å²) in [6.45, 7) is 3.48. The van der Waals surface area contributed by atoms with Gasteiger partial charge in [0.05, 0.1) is 24.9 Å². The van der Waals surface area contributed by atoms with Gasteiger partial charge in [-0.1, -0.05) is 51.2 Å². The fourth-order valence-corrected chi connectivity index (χ4v) is 7.54. The van der Waals surface area contributed by atoms with Crippen molar-refractivity contribution in [1.29, 1.82) is 0 Å². The largest absolute Gasteiger partial charge is 0.383 e. The molecule has 2 aliphatic carbocycles. The second-order valence-electron chi connectivity index (χ2n) is 13.4. The molecule has 0 atom stereocenters. The van der Waals surface area contributed by atoms with Gasteiger partial charge >= 0.3 is 6.11 Å². The van der Waals surface area contributed by atoms with E-state index in [1.807, 2.05) is 12.1 Å². The normalized spacial score (nSPS) is 27.9. The van der Waals surface area contributed by atoms with Gasteiger partial charge in [0.15, 0.2) is 23.7 Å². The number of hydrogen-bond acceptors (Lipinski definition) is 3. The summed E-state index contributed by atoms with van der Waals surface area (Å²) in [4.78, 5) is 0. The predicted molar refractivity (Wildman–Crippen MR) is 160 cm³/mol. The van der Waals surface area contributed by atoms with E-state index in [-0.39, 0.29) is 23.9 Å². The molecule has 2 saturated carbocycles. The molecule has 45 heavy (non-hydrogen) atoms. The smallest absolute Gasteiger partial charge is 0.348 e. The molecular formula is C36H46F6O3. The Morgan fingerprint density at radius 1 is 0.733 bits per heavy atom. The van der Waals surface area contributed by atoms with Crippen LogP contribution in [0.2, 0.25) is 0 Å². The molecular weight excluding hydrogens is 594 g/mol. The molecule has 0 radical (unpaired) electrons. The molecule has 0 aromatic heterocycles. The molecule has 0 unspecified atom stereocenters. The lowest BCUT2D eigenvalue weighted by Crippen LogP contribution is -2.32. The number of benzene rings is 2. The molecule has 3 fully saturated rings. The van der Waals surface area contributed by atoms with E-state index < -0.39 is 41.5 Å². The zero-order valence-electron chi connectivity index (χ0n) is 26.2. The van der Waals surface area contributed by atoms with E-state index in [1.54, 1.807) is 6.07 Å². The van der Waals surface area contributed by atoms with Gasteiger partial charge in [-0.25, -0.2) is 17.6 Å². The molecule has 1 heterocycles. The number of rotatable bonds is 12. The molecule has 0 spiro atoms. The van der Waals surface area contributed by atoms with Crippen molar-refractivity contribution in [3.8, 4) is 0 Å². The molecule has 3 nitrogen and oxygen atoms in total. The van der Waals surface area contributed by atoms with Crippen LogP contribution in [0.5, 0.6) is 0 Å². The lowest BCUT2D eigenvalue weighted by Gasteiger charge is -2.38. The second kappa shape index (κ2) is 15.7. The highest BCUT2D eigenvalue weighted by molar-refractivity contribution is 5.28. The fraction of sp³-hybridized carbons (Fsp3) is 0.667. The minimum absolute atomic E-state index is 0.135. The Morgan fingerprint density at radius 2 is 1.33 bits per heavy atom. The minimum Gasteiger partial charge on any atom is -0.348 e. The van der Waals surface area contributed by atoms with Crippen molar-refractivity contribution in [3.05, 3.63) is 70.3 Å². The molecule has 5 rings (SSSR count). The standard InChI is InChI=1S/C36H46F6O3/c1-2-3-4-5-6-7-23-21-43-35(44-22-23)27-14-17-30(31(37)18-27)26-10-8-24(9-11-26)25-12-15-29(16-13-25)45-36(41,42)28-19-32(38)34(40)33(39)20-28/h14,17-20,23-26,29,35H,2-13,15-16,21-22H2,1H3. The number of ether oxygens (including phenoxy) is 3. The highest BCUT2D eigenvalue weighted by Gasteiger charge is 2.40. The number of unbranched alkanes of at least 4 members (excludes halogenated alkanes) is 4. The summed E-state index contributed by atoms with van der Waals surface area (Å²) in [5.74, 6) is -4.02. The van der Waals surface area contributed by atoms with E-state index in [9.17, 15) is 22.0 Å². The van der Waals surface area contributed by atoms with Crippen LogP contribution < -0.4 is 0 Å². The number of hydrogen-bond donors (Lipinski definition) is 0. The van der Waals surface area contributed by atoms with Crippen LogP contribution in [0.15, 0.2) is 30.3 Å². The summed E-state index contributed by atoms with van der Waals surface area (Å²) in [6.07, 6.45) is 7.99. The van der Waals surface area contributed by atoms with E-state index >= 15 is 4.39 Å². The second-order valence-corrected chi connectivity index (χ2v) is 13.4. The first-order valence-electron chi connectivity index (χ1n) is 16.9. The van der Waals surface area contributed by atoms with Crippen molar-refractivity contribution < 1.29 is 40.6 Å². The molecule has 2 aromatic rings. The van der Waals surface area contributed by atoms with E-state index in [0.717, 1.165) is 37.7 Å².